The van der Waals surface area contributed by atoms with Crippen LogP contribution < -0.4 is 0 Å². The van der Waals surface area contributed by atoms with E-state index in [9.17, 15) is 4.79 Å². The molecule has 0 N–H and O–H groups in total. The van der Waals surface area contributed by atoms with E-state index in [0.717, 1.165) is 19.3 Å². The Morgan fingerprint density at radius 3 is 2.87 bits per heavy atom. The van der Waals surface area contributed by atoms with Crippen LogP contribution in [0.1, 0.15) is 46.0 Å². The van der Waals surface area contributed by atoms with Crippen LogP contribution in [-0.4, -0.2) is 12.1 Å². The number of rotatable bonds is 3. The molecule has 1 aliphatic carbocycles. The van der Waals surface area contributed by atoms with Crippen LogP contribution in [0.25, 0.3) is 0 Å². The number of esters is 1. The molecule has 1 rings (SSSR count). The molecule has 0 spiro atoms. The van der Waals surface area contributed by atoms with Crippen molar-refractivity contribution in [2.24, 2.45) is 11.8 Å². The largest absolute Gasteiger partial charge is 0.461 e. The molecule has 0 heterocycles. The van der Waals surface area contributed by atoms with Crippen molar-refractivity contribution in [2.45, 2.75) is 52.1 Å². The Morgan fingerprint density at radius 1 is 1.60 bits per heavy atom. The molecule has 15 heavy (non-hydrogen) atoms. The van der Waals surface area contributed by atoms with Crippen molar-refractivity contribution in [2.75, 3.05) is 0 Å². The third-order valence-electron chi connectivity index (χ3n) is 3.02. The Bertz CT molecular complexity index is 257. The van der Waals surface area contributed by atoms with Gasteiger partial charge in [0.2, 0.25) is 0 Å². The van der Waals surface area contributed by atoms with Gasteiger partial charge in [-0.3, -0.25) is 4.79 Å². The van der Waals surface area contributed by atoms with E-state index in [1.165, 1.54) is 6.42 Å². The number of nitrogens with zero attached hydrogens (tertiary/aromatic N) is 1. The van der Waals surface area contributed by atoms with Gasteiger partial charge in [0.1, 0.15) is 12.0 Å². The number of carbonyl (C=O) groups excluding carboxylic acids is 1. The molecular formula is C12H19NO2. The van der Waals surface area contributed by atoms with Crippen molar-refractivity contribution in [3.63, 3.8) is 0 Å². The fraction of sp³-hybridized carbons (Fsp3) is 0.833. The second kappa shape index (κ2) is 5.75. The highest BCUT2D eigenvalue weighted by atomic mass is 16.5. The summed E-state index contributed by atoms with van der Waals surface area (Å²) in [5.74, 6) is -0.278. The maximum absolute atomic E-state index is 11.5. The SMILES string of the molecule is CCC(C#N)C(=O)OC1CCCC(C)C1. The molecule has 0 bridgehead atoms. The summed E-state index contributed by atoms with van der Waals surface area (Å²) in [6.07, 6.45) is 4.85. The van der Waals surface area contributed by atoms with Crippen molar-refractivity contribution in [3.8, 4) is 6.07 Å². The van der Waals surface area contributed by atoms with Gasteiger partial charge >= 0.3 is 5.97 Å². The lowest BCUT2D eigenvalue weighted by atomic mass is 9.88. The minimum absolute atomic E-state index is 0.0450. The molecule has 0 radical (unpaired) electrons. The lowest BCUT2D eigenvalue weighted by molar-refractivity contribution is -0.154. The summed E-state index contributed by atoms with van der Waals surface area (Å²) in [6, 6.07) is 1.98. The van der Waals surface area contributed by atoms with E-state index in [4.69, 9.17) is 10.00 Å². The first-order valence-corrected chi connectivity index (χ1v) is 5.77. The molecule has 0 aromatic heterocycles. The van der Waals surface area contributed by atoms with Crippen molar-refractivity contribution >= 4 is 5.97 Å². The van der Waals surface area contributed by atoms with Crippen LogP contribution in [0.4, 0.5) is 0 Å². The van der Waals surface area contributed by atoms with Gasteiger partial charge in [0, 0.05) is 0 Å². The summed E-state index contributed by atoms with van der Waals surface area (Å²) in [6.45, 7) is 4.01. The van der Waals surface area contributed by atoms with E-state index in [1.54, 1.807) is 0 Å². The van der Waals surface area contributed by atoms with Crippen LogP contribution in [0, 0.1) is 23.2 Å². The third kappa shape index (κ3) is 3.54. The molecule has 0 aromatic rings. The Kier molecular flexibility index (Phi) is 4.61. The number of carbonyl (C=O) groups is 1. The van der Waals surface area contributed by atoms with Gasteiger partial charge in [-0.05, 0) is 31.6 Å². The molecule has 3 heteroatoms. The highest BCUT2D eigenvalue weighted by Crippen LogP contribution is 2.26. The zero-order valence-electron chi connectivity index (χ0n) is 9.53. The lowest BCUT2D eigenvalue weighted by Gasteiger charge is -2.27. The minimum Gasteiger partial charge on any atom is -0.461 e. The van der Waals surface area contributed by atoms with Gasteiger partial charge in [0.15, 0.2) is 0 Å². The molecular weight excluding hydrogens is 190 g/mol. The summed E-state index contributed by atoms with van der Waals surface area (Å²) in [5.41, 5.74) is 0. The van der Waals surface area contributed by atoms with Gasteiger partial charge in [-0.15, -0.1) is 0 Å². The fourth-order valence-corrected chi connectivity index (χ4v) is 2.04. The molecule has 3 unspecified atom stereocenters. The quantitative estimate of drug-likeness (QED) is 0.671. The number of hydrogen-bond acceptors (Lipinski definition) is 3. The molecule has 1 aliphatic rings. The van der Waals surface area contributed by atoms with E-state index in [0.29, 0.717) is 12.3 Å². The number of nitriles is 1. The maximum Gasteiger partial charge on any atom is 0.323 e. The van der Waals surface area contributed by atoms with Crippen molar-refractivity contribution < 1.29 is 9.53 Å². The first kappa shape index (κ1) is 12.0. The molecule has 3 atom stereocenters. The van der Waals surface area contributed by atoms with Gasteiger partial charge in [-0.25, -0.2) is 0 Å². The number of ether oxygens (including phenoxy) is 1. The highest BCUT2D eigenvalue weighted by Gasteiger charge is 2.25. The first-order valence-electron chi connectivity index (χ1n) is 5.77. The van der Waals surface area contributed by atoms with Crippen LogP contribution in [0.2, 0.25) is 0 Å². The molecule has 1 saturated carbocycles. The summed E-state index contributed by atoms with van der Waals surface area (Å²) in [5, 5.41) is 8.73. The molecule has 3 nitrogen and oxygen atoms in total. The average Bonchev–Trinajstić information content (AvgIpc) is 2.19. The Labute approximate surface area is 91.4 Å². The summed E-state index contributed by atoms with van der Waals surface area (Å²) >= 11 is 0. The van der Waals surface area contributed by atoms with Crippen LogP contribution in [0.5, 0.6) is 0 Å². The molecule has 0 aliphatic heterocycles. The van der Waals surface area contributed by atoms with Gasteiger partial charge in [-0.1, -0.05) is 20.3 Å². The van der Waals surface area contributed by atoms with Gasteiger partial charge in [0.05, 0.1) is 6.07 Å². The summed E-state index contributed by atoms with van der Waals surface area (Å²) in [7, 11) is 0. The Hall–Kier alpha value is -1.04. The van der Waals surface area contributed by atoms with Crippen LogP contribution in [0.15, 0.2) is 0 Å². The highest BCUT2D eigenvalue weighted by molar-refractivity contribution is 5.75. The van der Waals surface area contributed by atoms with Gasteiger partial charge < -0.3 is 4.74 Å². The second-order valence-corrected chi connectivity index (χ2v) is 4.42. The van der Waals surface area contributed by atoms with Crippen molar-refractivity contribution in [1.82, 2.24) is 0 Å². The molecule has 84 valence electrons. The van der Waals surface area contributed by atoms with E-state index in [2.05, 4.69) is 6.92 Å². The zero-order chi connectivity index (χ0) is 11.3. The van der Waals surface area contributed by atoms with E-state index < -0.39 is 5.92 Å². The second-order valence-electron chi connectivity index (χ2n) is 4.42. The standard InChI is InChI=1S/C12H19NO2/c1-3-10(8-13)12(14)15-11-6-4-5-9(2)7-11/h9-11H,3-7H2,1-2H3. The molecule has 0 saturated heterocycles. The summed E-state index contributed by atoms with van der Waals surface area (Å²) in [4.78, 5) is 11.5. The fourth-order valence-electron chi connectivity index (χ4n) is 2.04. The topological polar surface area (TPSA) is 50.1 Å². The lowest BCUT2D eigenvalue weighted by Crippen LogP contribution is -2.27. The van der Waals surface area contributed by atoms with E-state index in [1.807, 2.05) is 13.0 Å². The monoisotopic (exact) mass is 209 g/mol. The summed E-state index contributed by atoms with van der Waals surface area (Å²) < 4.78 is 5.34. The van der Waals surface area contributed by atoms with E-state index >= 15 is 0 Å². The van der Waals surface area contributed by atoms with Crippen LogP contribution >= 0.6 is 0 Å². The molecule has 1 fully saturated rings. The van der Waals surface area contributed by atoms with Crippen LogP contribution in [0.3, 0.4) is 0 Å². The molecule has 0 aromatic carbocycles. The molecule has 0 amide bonds. The maximum atomic E-state index is 11.5. The van der Waals surface area contributed by atoms with Crippen LogP contribution in [-0.2, 0) is 9.53 Å². The average molecular weight is 209 g/mol. The predicted octanol–water partition coefficient (Wildman–Crippen LogP) is 2.66. The zero-order valence-corrected chi connectivity index (χ0v) is 9.53. The van der Waals surface area contributed by atoms with Gasteiger partial charge in [-0.2, -0.15) is 5.26 Å². The predicted molar refractivity (Wildman–Crippen MR) is 56.9 cm³/mol. The minimum atomic E-state index is -0.581. The normalized spacial score (nSPS) is 27.8. The van der Waals surface area contributed by atoms with E-state index in [-0.39, 0.29) is 12.1 Å². The Balaban J connectivity index is 2.40. The van der Waals surface area contributed by atoms with Gasteiger partial charge in [0.25, 0.3) is 0 Å². The third-order valence-corrected chi connectivity index (χ3v) is 3.02. The Morgan fingerprint density at radius 2 is 2.33 bits per heavy atom. The van der Waals surface area contributed by atoms with Crippen molar-refractivity contribution in [1.29, 1.82) is 5.26 Å². The van der Waals surface area contributed by atoms with Crippen molar-refractivity contribution in [3.05, 3.63) is 0 Å². The smallest absolute Gasteiger partial charge is 0.323 e. The number of hydrogen-bond donors (Lipinski definition) is 0. The first-order chi connectivity index (χ1) is 7.17.